The number of aliphatic imine (C=N–C) groups is 1. The summed E-state index contributed by atoms with van der Waals surface area (Å²) in [6, 6.07) is 0. The zero-order valence-corrected chi connectivity index (χ0v) is 17.8. The quantitative estimate of drug-likeness (QED) is 0.350. The molecule has 122 valence electrons. The zero-order valence-electron chi connectivity index (χ0n) is 15.0. The van der Waals surface area contributed by atoms with Gasteiger partial charge in [-0.25, -0.2) is 0 Å². The normalized spacial score (nSPS) is 19.4. The van der Waals surface area contributed by atoms with Gasteiger partial charge in [-0.15, -0.1) is 0 Å². The molecule has 0 aromatic rings. The second-order valence-electron chi connectivity index (χ2n) is 6.85. The summed E-state index contributed by atoms with van der Waals surface area (Å²) in [5.74, 6) is 0. The molecule has 0 bridgehead atoms. The molecule has 1 unspecified atom stereocenters. The molecular weight excluding hydrogens is 361 g/mol. The average molecular weight is 398 g/mol. The van der Waals surface area contributed by atoms with Crippen LogP contribution in [0.25, 0.3) is 0 Å². The van der Waals surface area contributed by atoms with Crippen LogP contribution in [0.15, 0.2) is 17.1 Å². The number of hydrogen-bond donors (Lipinski definition) is 0. The maximum atomic E-state index is 5.23. The van der Waals surface area contributed by atoms with Crippen molar-refractivity contribution in [3.05, 3.63) is 12.2 Å². The van der Waals surface area contributed by atoms with E-state index in [0.29, 0.717) is 0 Å². The Balaban J connectivity index is 2.90. The molecule has 1 nitrogen and oxygen atoms in total. The molecule has 1 heterocycles. The molecule has 0 aliphatic carbocycles. The van der Waals surface area contributed by atoms with E-state index < -0.39 is 18.4 Å². The molecule has 0 fully saturated rings. The van der Waals surface area contributed by atoms with Crippen molar-refractivity contribution in [1.82, 2.24) is 0 Å². The molecular formula is C19H37NSn. The summed E-state index contributed by atoms with van der Waals surface area (Å²) >= 11 is -2.09. The SMILES string of the molecule is C/C=C/C1=N[CH]([Sn]([CH2]CCC)([CH2]CCC)[CH2]CCC)CC1. The molecule has 21 heavy (non-hydrogen) atoms. The summed E-state index contributed by atoms with van der Waals surface area (Å²) in [7, 11) is 0. The number of rotatable bonds is 11. The first kappa shape index (κ1) is 19.3. The second kappa shape index (κ2) is 10.9. The van der Waals surface area contributed by atoms with Crippen LogP contribution in [-0.2, 0) is 0 Å². The van der Waals surface area contributed by atoms with Gasteiger partial charge in [-0.2, -0.15) is 0 Å². The number of allylic oxidation sites excluding steroid dienone is 2. The fourth-order valence-corrected chi connectivity index (χ4v) is 21.3. The van der Waals surface area contributed by atoms with E-state index in [1.165, 1.54) is 57.1 Å². The Morgan fingerprint density at radius 3 is 1.95 bits per heavy atom. The van der Waals surface area contributed by atoms with Gasteiger partial charge in [-0.1, -0.05) is 0 Å². The van der Waals surface area contributed by atoms with Gasteiger partial charge in [-0.3, -0.25) is 0 Å². The minimum absolute atomic E-state index is 0.801. The van der Waals surface area contributed by atoms with Crippen molar-refractivity contribution in [3.8, 4) is 0 Å². The maximum absolute atomic E-state index is 5.23. The van der Waals surface area contributed by atoms with Gasteiger partial charge in [0.1, 0.15) is 0 Å². The molecule has 1 aliphatic rings. The topological polar surface area (TPSA) is 12.4 Å². The molecule has 1 rings (SSSR count). The molecule has 0 spiro atoms. The Hall–Kier alpha value is 0.209. The van der Waals surface area contributed by atoms with Crippen LogP contribution in [0.5, 0.6) is 0 Å². The number of unbranched alkanes of at least 4 members (excludes halogenated alkanes) is 3. The fraction of sp³-hybridized carbons (Fsp3) is 0.842. The van der Waals surface area contributed by atoms with Crippen LogP contribution in [0.2, 0.25) is 13.3 Å². The van der Waals surface area contributed by atoms with E-state index in [9.17, 15) is 0 Å². The second-order valence-corrected chi connectivity index (χ2v) is 20.8. The Morgan fingerprint density at radius 2 is 1.52 bits per heavy atom. The van der Waals surface area contributed by atoms with Crippen LogP contribution in [0.1, 0.15) is 79.1 Å². The van der Waals surface area contributed by atoms with Crippen molar-refractivity contribution in [2.24, 2.45) is 4.99 Å². The molecule has 0 amide bonds. The zero-order chi connectivity index (χ0) is 15.6. The predicted octanol–water partition coefficient (Wildman–Crippen LogP) is 6.55. The van der Waals surface area contributed by atoms with E-state index in [-0.39, 0.29) is 0 Å². The van der Waals surface area contributed by atoms with Gasteiger partial charge in [0.2, 0.25) is 0 Å². The van der Waals surface area contributed by atoms with Crippen LogP contribution in [-0.4, -0.2) is 28.1 Å². The third-order valence-corrected chi connectivity index (χ3v) is 21.9. The standard InChI is InChI=1S/C7H10N.3C4H9.Sn/c1-2-4-7-5-3-6-8-7;3*1-3-4-2;/h2,4,6H,3,5H2,1H3;3*1,3-4H2,2H3;/b4-2+;;;;. The van der Waals surface area contributed by atoms with Gasteiger partial charge in [-0.05, 0) is 0 Å². The Bertz CT molecular complexity index is 311. The third kappa shape index (κ3) is 6.08. The van der Waals surface area contributed by atoms with Gasteiger partial charge in [0, 0.05) is 0 Å². The summed E-state index contributed by atoms with van der Waals surface area (Å²) < 4.78 is 5.60. The first-order chi connectivity index (χ1) is 10.2. The van der Waals surface area contributed by atoms with Crippen molar-refractivity contribution in [2.75, 3.05) is 0 Å². The van der Waals surface area contributed by atoms with Crippen LogP contribution >= 0.6 is 0 Å². The van der Waals surface area contributed by atoms with E-state index in [1.54, 1.807) is 13.3 Å². The molecule has 0 N–H and O–H groups in total. The van der Waals surface area contributed by atoms with Gasteiger partial charge in [0.25, 0.3) is 0 Å². The summed E-state index contributed by atoms with van der Waals surface area (Å²) in [6.07, 6.45) is 15.6. The van der Waals surface area contributed by atoms with Crippen molar-refractivity contribution in [2.45, 2.75) is 96.4 Å². The first-order valence-corrected chi connectivity index (χ1v) is 17.1. The van der Waals surface area contributed by atoms with E-state index in [2.05, 4.69) is 39.8 Å². The number of nitrogens with zero attached hydrogens (tertiary/aromatic N) is 1. The van der Waals surface area contributed by atoms with E-state index >= 15 is 0 Å². The minimum atomic E-state index is -2.09. The molecule has 0 radical (unpaired) electrons. The molecule has 1 aliphatic heterocycles. The molecule has 1 atom stereocenters. The van der Waals surface area contributed by atoms with Gasteiger partial charge < -0.3 is 0 Å². The molecule has 0 saturated carbocycles. The first-order valence-electron chi connectivity index (χ1n) is 9.41. The molecule has 0 aromatic carbocycles. The third-order valence-electron chi connectivity index (χ3n) is 5.15. The Labute approximate surface area is 137 Å². The van der Waals surface area contributed by atoms with Crippen LogP contribution in [0.4, 0.5) is 0 Å². The molecule has 0 aromatic heterocycles. The Kier molecular flexibility index (Phi) is 9.95. The van der Waals surface area contributed by atoms with Crippen LogP contribution in [0, 0.1) is 0 Å². The van der Waals surface area contributed by atoms with Crippen molar-refractivity contribution < 1.29 is 0 Å². The summed E-state index contributed by atoms with van der Waals surface area (Å²) in [5.41, 5.74) is 1.40. The van der Waals surface area contributed by atoms with Crippen LogP contribution in [0.3, 0.4) is 0 Å². The summed E-state index contributed by atoms with van der Waals surface area (Å²) in [5, 5.41) is 0. The average Bonchev–Trinajstić information content (AvgIpc) is 2.96. The van der Waals surface area contributed by atoms with E-state index in [1.807, 2.05) is 0 Å². The predicted molar refractivity (Wildman–Crippen MR) is 100 cm³/mol. The van der Waals surface area contributed by atoms with Gasteiger partial charge >= 0.3 is 138 Å². The van der Waals surface area contributed by atoms with Crippen molar-refractivity contribution in [3.63, 3.8) is 0 Å². The van der Waals surface area contributed by atoms with Crippen molar-refractivity contribution in [1.29, 1.82) is 0 Å². The summed E-state index contributed by atoms with van der Waals surface area (Å²) in [4.78, 5) is 5.23. The van der Waals surface area contributed by atoms with E-state index in [4.69, 9.17) is 4.99 Å². The van der Waals surface area contributed by atoms with Gasteiger partial charge in [0.05, 0.1) is 0 Å². The van der Waals surface area contributed by atoms with Gasteiger partial charge in [0.15, 0.2) is 0 Å². The van der Waals surface area contributed by atoms with E-state index in [0.717, 1.165) is 4.06 Å². The summed E-state index contributed by atoms with van der Waals surface area (Å²) in [6.45, 7) is 9.20. The molecule has 2 heteroatoms. The fourth-order valence-electron chi connectivity index (χ4n) is 3.84. The number of hydrogen-bond acceptors (Lipinski definition) is 1. The monoisotopic (exact) mass is 399 g/mol. The molecule has 0 saturated heterocycles. The van der Waals surface area contributed by atoms with Crippen molar-refractivity contribution >= 4 is 24.1 Å². The Morgan fingerprint density at radius 1 is 1.00 bits per heavy atom. The van der Waals surface area contributed by atoms with Crippen LogP contribution < -0.4 is 0 Å².